The van der Waals surface area contributed by atoms with Gasteiger partial charge in [-0.2, -0.15) is 0 Å². The van der Waals surface area contributed by atoms with Crippen LogP contribution in [0.4, 0.5) is 0 Å². The van der Waals surface area contributed by atoms with Gasteiger partial charge in [-0.15, -0.1) is 11.6 Å². The Hall–Kier alpha value is 0.387. The van der Waals surface area contributed by atoms with Gasteiger partial charge in [-0.05, 0) is 12.8 Å². The van der Waals surface area contributed by atoms with E-state index in [0.29, 0.717) is 0 Å². The highest BCUT2D eigenvalue weighted by Crippen LogP contribution is 2.19. The summed E-state index contributed by atoms with van der Waals surface area (Å²) >= 11 is 5.72. The summed E-state index contributed by atoms with van der Waals surface area (Å²) in [5.41, 5.74) is 0. The number of halogens is 1. The SMILES string of the molecule is CO[Si](CCCCCCCCCCCCCCCCCCCCCCCCCCCCCCl)(OC)OC. The molecule has 0 atom stereocenters. The Kier molecular flexibility index (Phi) is 31.2. The molecule has 0 aromatic carbocycles. The molecule has 0 saturated heterocycles. The molecule has 0 aliphatic rings. The molecule has 0 aromatic heterocycles. The van der Waals surface area contributed by atoms with Crippen LogP contribution < -0.4 is 0 Å². The molecule has 0 N–H and O–H groups in total. The van der Waals surface area contributed by atoms with Crippen LogP contribution >= 0.6 is 11.6 Å². The van der Waals surface area contributed by atoms with Crippen molar-refractivity contribution >= 4 is 20.4 Å². The molecule has 0 aromatic rings. The molecule has 3 nitrogen and oxygen atoms in total. The largest absolute Gasteiger partial charge is 0.500 e. The molecule has 37 heavy (non-hydrogen) atoms. The lowest BCUT2D eigenvalue weighted by molar-refractivity contribution is 0.122. The summed E-state index contributed by atoms with van der Waals surface area (Å²) in [7, 11) is 2.78. The van der Waals surface area contributed by atoms with Crippen molar-refractivity contribution in [2.45, 2.75) is 179 Å². The number of hydrogen-bond donors (Lipinski definition) is 0. The van der Waals surface area contributed by atoms with Gasteiger partial charge in [0.1, 0.15) is 0 Å². The molecule has 0 saturated carbocycles. The van der Waals surface area contributed by atoms with E-state index in [9.17, 15) is 0 Å². The van der Waals surface area contributed by atoms with Gasteiger partial charge in [0.25, 0.3) is 0 Å². The summed E-state index contributed by atoms with van der Waals surface area (Å²) in [6.07, 6.45) is 38.1. The Morgan fingerprint density at radius 2 is 0.514 bits per heavy atom. The summed E-state index contributed by atoms with van der Waals surface area (Å²) in [6.45, 7) is 0. The lowest BCUT2D eigenvalue weighted by atomic mass is 10.0. The summed E-state index contributed by atoms with van der Waals surface area (Å²) in [5.74, 6) is 0.840. The summed E-state index contributed by atoms with van der Waals surface area (Å²) < 4.78 is 16.5. The van der Waals surface area contributed by atoms with E-state index in [1.165, 1.54) is 167 Å². The van der Waals surface area contributed by atoms with Crippen molar-refractivity contribution < 1.29 is 13.3 Å². The lowest BCUT2D eigenvalue weighted by Crippen LogP contribution is -2.42. The van der Waals surface area contributed by atoms with E-state index < -0.39 is 8.80 Å². The molecule has 0 heterocycles. The van der Waals surface area contributed by atoms with Crippen molar-refractivity contribution in [3.63, 3.8) is 0 Å². The zero-order valence-electron chi connectivity index (χ0n) is 25.6. The first-order valence-corrected chi connectivity index (χ1v) is 18.9. The second kappa shape index (κ2) is 30.9. The summed E-state index contributed by atoms with van der Waals surface area (Å²) in [4.78, 5) is 0. The Morgan fingerprint density at radius 1 is 0.324 bits per heavy atom. The summed E-state index contributed by atoms with van der Waals surface area (Å²) in [5, 5.41) is 0. The van der Waals surface area contributed by atoms with Gasteiger partial charge in [-0.25, -0.2) is 0 Å². The Bertz CT molecular complexity index is 413. The molecule has 0 radical (unpaired) electrons. The van der Waals surface area contributed by atoms with E-state index in [0.717, 1.165) is 18.3 Å². The molecule has 0 amide bonds. The fourth-order valence-electron chi connectivity index (χ4n) is 5.41. The molecule has 5 heteroatoms. The third-order valence-electron chi connectivity index (χ3n) is 8.05. The standard InChI is InChI=1S/C32H67ClO3Si/c1-34-37(35-2,36-3)32-30-28-26-24-22-20-18-16-14-12-10-8-6-4-5-7-9-11-13-15-17-19-21-23-25-27-29-31-33/h4-32H2,1-3H3. The lowest BCUT2D eigenvalue weighted by Gasteiger charge is -2.24. The Balaban J connectivity index is 3.13. The average molecular weight is 563 g/mol. The third-order valence-corrected chi connectivity index (χ3v) is 11.1. The highest BCUT2D eigenvalue weighted by atomic mass is 35.5. The van der Waals surface area contributed by atoms with Gasteiger partial charge >= 0.3 is 8.80 Å². The molecule has 224 valence electrons. The van der Waals surface area contributed by atoms with E-state index in [-0.39, 0.29) is 0 Å². The van der Waals surface area contributed by atoms with E-state index in [1.54, 1.807) is 21.3 Å². The van der Waals surface area contributed by atoms with Crippen LogP contribution in [0, 0.1) is 0 Å². The molecular formula is C32H67ClO3Si. The van der Waals surface area contributed by atoms with Crippen LogP contribution in [0.2, 0.25) is 6.04 Å². The Morgan fingerprint density at radius 3 is 0.703 bits per heavy atom. The second-order valence-electron chi connectivity index (χ2n) is 11.3. The maximum absolute atomic E-state index is 5.72. The van der Waals surface area contributed by atoms with E-state index >= 15 is 0 Å². The topological polar surface area (TPSA) is 27.7 Å². The third kappa shape index (κ3) is 26.4. The van der Waals surface area contributed by atoms with Gasteiger partial charge in [0.15, 0.2) is 0 Å². The summed E-state index contributed by atoms with van der Waals surface area (Å²) in [6, 6.07) is 0.938. The highest BCUT2D eigenvalue weighted by molar-refractivity contribution is 6.60. The van der Waals surface area contributed by atoms with Gasteiger partial charge in [0.2, 0.25) is 0 Å². The van der Waals surface area contributed by atoms with Crippen molar-refractivity contribution in [3.05, 3.63) is 0 Å². The van der Waals surface area contributed by atoms with Gasteiger partial charge in [0, 0.05) is 33.3 Å². The number of unbranched alkanes of at least 4 members (excludes halogenated alkanes) is 26. The predicted octanol–water partition coefficient (Wildman–Crippen LogP) is 11.6. The Labute approximate surface area is 239 Å². The number of hydrogen-bond acceptors (Lipinski definition) is 3. The monoisotopic (exact) mass is 562 g/mol. The van der Waals surface area contributed by atoms with Crippen LogP contribution in [0.15, 0.2) is 0 Å². The van der Waals surface area contributed by atoms with Crippen LogP contribution in [-0.2, 0) is 13.3 Å². The maximum atomic E-state index is 5.72. The first-order chi connectivity index (χ1) is 18.2. The second-order valence-corrected chi connectivity index (χ2v) is 14.7. The van der Waals surface area contributed by atoms with Crippen LogP contribution in [0.3, 0.4) is 0 Å². The molecular weight excluding hydrogens is 496 g/mol. The van der Waals surface area contributed by atoms with Crippen molar-refractivity contribution in [2.24, 2.45) is 0 Å². The maximum Gasteiger partial charge on any atom is 0.500 e. The molecule has 0 aliphatic heterocycles. The fourth-order valence-corrected chi connectivity index (χ4v) is 7.40. The minimum atomic E-state index is -2.34. The molecule has 0 unspecified atom stereocenters. The van der Waals surface area contributed by atoms with Crippen LogP contribution in [0.5, 0.6) is 0 Å². The first-order valence-electron chi connectivity index (χ1n) is 16.5. The zero-order valence-corrected chi connectivity index (χ0v) is 27.4. The van der Waals surface area contributed by atoms with Crippen molar-refractivity contribution in [3.8, 4) is 0 Å². The number of alkyl halides is 1. The smallest absolute Gasteiger partial charge is 0.377 e. The van der Waals surface area contributed by atoms with Crippen molar-refractivity contribution in [1.29, 1.82) is 0 Å². The normalized spacial score (nSPS) is 12.0. The zero-order chi connectivity index (χ0) is 27.1. The van der Waals surface area contributed by atoms with Crippen molar-refractivity contribution in [2.75, 3.05) is 27.2 Å². The van der Waals surface area contributed by atoms with Crippen LogP contribution in [0.25, 0.3) is 0 Å². The molecule has 0 fully saturated rings. The predicted molar refractivity (Wildman–Crippen MR) is 167 cm³/mol. The van der Waals surface area contributed by atoms with Gasteiger partial charge in [-0.1, -0.05) is 161 Å². The molecule has 0 aliphatic carbocycles. The number of rotatable bonds is 32. The van der Waals surface area contributed by atoms with Gasteiger partial charge < -0.3 is 13.3 Å². The fraction of sp³-hybridized carbons (Fsp3) is 1.00. The molecule has 0 rings (SSSR count). The van der Waals surface area contributed by atoms with Gasteiger partial charge in [0.05, 0.1) is 0 Å². The first kappa shape index (κ1) is 37.4. The quantitative estimate of drug-likeness (QED) is 0.0463. The molecule has 0 spiro atoms. The minimum Gasteiger partial charge on any atom is -0.377 e. The van der Waals surface area contributed by atoms with Crippen molar-refractivity contribution in [1.82, 2.24) is 0 Å². The van der Waals surface area contributed by atoms with E-state index in [4.69, 9.17) is 24.9 Å². The van der Waals surface area contributed by atoms with E-state index in [2.05, 4.69) is 0 Å². The van der Waals surface area contributed by atoms with Gasteiger partial charge in [-0.3, -0.25) is 0 Å². The minimum absolute atomic E-state index is 0.840. The highest BCUT2D eigenvalue weighted by Gasteiger charge is 2.36. The van der Waals surface area contributed by atoms with E-state index in [1.807, 2.05) is 0 Å². The van der Waals surface area contributed by atoms with Crippen LogP contribution in [-0.4, -0.2) is 36.0 Å². The average Bonchev–Trinajstić information content (AvgIpc) is 2.92. The molecule has 0 bridgehead atoms. The van der Waals surface area contributed by atoms with Crippen LogP contribution in [0.1, 0.15) is 173 Å².